The zero-order chi connectivity index (χ0) is 14.7. The zero-order valence-corrected chi connectivity index (χ0v) is 10.8. The molecule has 2 aromatic rings. The van der Waals surface area contributed by atoms with E-state index in [0.717, 1.165) is 11.6 Å². The molecule has 0 atom stereocenters. The van der Waals surface area contributed by atoms with Gasteiger partial charge in [0.1, 0.15) is 17.3 Å². The highest BCUT2D eigenvalue weighted by Crippen LogP contribution is 2.28. The molecule has 0 unspecified atom stereocenters. The quantitative estimate of drug-likeness (QED) is 0.663. The van der Waals surface area contributed by atoms with Gasteiger partial charge in [-0.1, -0.05) is 12.1 Å². The smallest absolute Gasteiger partial charge is 0.295 e. The first-order chi connectivity index (χ1) is 9.47. The third-order valence-electron chi connectivity index (χ3n) is 2.89. The fraction of sp³-hybridized carbons (Fsp3) is 0.143. The molecular weight excluding hydrogens is 263 g/mol. The fourth-order valence-electron chi connectivity index (χ4n) is 1.77. The van der Waals surface area contributed by atoms with Crippen molar-refractivity contribution in [1.29, 1.82) is 0 Å². The molecule has 0 radical (unpaired) electrons. The number of rotatable bonds is 4. The molecule has 0 aromatic heterocycles. The molecule has 0 spiro atoms. The van der Waals surface area contributed by atoms with Gasteiger partial charge in [-0.05, 0) is 36.2 Å². The number of nitro benzene ring substituents is 1. The molecule has 6 heteroatoms. The lowest BCUT2D eigenvalue weighted by Crippen LogP contribution is -2.04. The van der Waals surface area contributed by atoms with Gasteiger partial charge in [0.05, 0.1) is 11.0 Å². The van der Waals surface area contributed by atoms with Crippen molar-refractivity contribution in [2.24, 2.45) is 0 Å². The van der Waals surface area contributed by atoms with Crippen LogP contribution in [0, 0.1) is 22.9 Å². The van der Waals surface area contributed by atoms with Crippen molar-refractivity contribution in [2.45, 2.75) is 13.5 Å². The van der Waals surface area contributed by atoms with Crippen molar-refractivity contribution >= 4 is 11.4 Å². The molecular formula is C14H13FN2O3. The normalized spacial score (nSPS) is 10.3. The third kappa shape index (κ3) is 3.03. The Morgan fingerprint density at radius 1 is 1.30 bits per heavy atom. The van der Waals surface area contributed by atoms with Crippen LogP contribution < -0.4 is 5.32 Å². The summed E-state index contributed by atoms with van der Waals surface area (Å²) in [5.41, 5.74) is 1.15. The van der Waals surface area contributed by atoms with Crippen LogP contribution in [0.5, 0.6) is 5.75 Å². The lowest BCUT2D eigenvalue weighted by molar-refractivity contribution is -0.384. The van der Waals surface area contributed by atoms with Crippen molar-refractivity contribution in [3.8, 4) is 5.75 Å². The topological polar surface area (TPSA) is 75.4 Å². The summed E-state index contributed by atoms with van der Waals surface area (Å²) < 4.78 is 13.4. The molecule has 0 saturated heterocycles. The first kappa shape index (κ1) is 13.8. The number of nitro groups is 1. The van der Waals surface area contributed by atoms with Gasteiger partial charge in [0.15, 0.2) is 0 Å². The summed E-state index contributed by atoms with van der Waals surface area (Å²) in [6, 6.07) is 8.78. The summed E-state index contributed by atoms with van der Waals surface area (Å²) in [5.74, 6) is -0.454. The molecule has 0 aliphatic carbocycles. The number of benzene rings is 2. The number of aryl methyl sites for hydroxylation is 1. The summed E-state index contributed by atoms with van der Waals surface area (Å²) in [5, 5.41) is 23.0. The number of hydrogen-bond donors (Lipinski definition) is 2. The van der Waals surface area contributed by atoms with Crippen LogP contribution in [0.1, 0.15) is 11.1 Å². The highest BCUT2D eigenvalue weighted by atomic mass is 19.1. The summed E-state index contributed by atoms with van der Waals surface area (Å²) in [6.45, 7) is 1.89. The molecule has 2 rings (SSSR count). The van der Waals surface area contributed by atoms with Gasteiger partial charge in [0.2, 0.25) is 0 Å². The molecule has 0 fully saturated rings. The molecule has 0 bridgehead atoms. The van der Waals surface area contributed by atoms with Crippen LogP contribution in [0.3, 0.4) is 0 Å². The van der Waals surface area contributed by atoms with Gasteiger partial charge in [0, 0.05) is 6.54 Å². The molecule has 0 aliphatic rings. The van der Waals surface area contributed by atoms with E-state index in [4.69, 9.17) is 0 Å². The minimum Gasteiger partial charge on any atom is -0.508 e. The maximum atomic E-state index is 13.4. The Balaban J connectivity index is 2.22. The molecule has 0 saturated carbocycles. The Morgan fingerprint density at radius 2 is 1.95 bits per heavy atom. The van der Waals surface area contributed by atoms with E-state index in [9.17, 15) is 19.6 Å². The number of hydrogen-bond acceptors (Lipinski definition) is 4. The predicted molar refractivity (Wildman–Crippen MR) is 73.2 cm³/mol. The molecule has 20 heavy (non-hydrogen) atoms. The van der Waals surface area contributed by atoms with E-state index >= 15 is 0 Å². The van der Waals surface area contributed by atoms with E-state index in [0.29, 0.717) is 12.1 Å². The highest BCUT2D eigenvalue weighted by Gasteiger charge is 2.16. The SMILES string of the molecule is Cc1cc(NCc2ccc(O)cc2)c([N+](=O)[O-])cc1F. The number of anilines is 1. The monoisotopic (exact) mass is 276 g/mol. The van der Waals surface area contributed by atoms with Crippen LogP contribution in [-0.2, 0) is 6.54 Å². The molecule has 2 N–H and O–H groups in total. The van der Waals surface area contributed by atoms with Gasteiger partial charge in [-0.25, -0.2) is 4.39 Å². The second-order valence-corrected chi connectivity index (χ2v) is 4.40. The van der Waals surface area contributed by atoms with Crippen LogP contribution >= 0.6 is 0 Å². The first-order valence-electron chi connectivity index (χ1n) is 5.93. The second-order valence-electron chi connectivity index (χ2n) is 4.40. The Kier molecular flexibility index (Phi) is 3.84. The molecule has 0 heterocycles. The third-order valence-corrected chi connectivity index (χ3v) is 2.89. The molecule has 5 nitrogen and oxygen atoms in total. The van der Waals surface area contributed by atoms with Gasteiger partial charge in [-0.3, -0.25) is 10.1 Å². The maximum Gasteiger partial charge on any atom is 0.295 e. The maximum absolute atomic E-state index is 13.4. The number of phenolic OH excluding ortho intramolecular Hbond substituents is 1. The minimum atomic E-state index is -0.623. The van der Waals surface area contributed by atoms with Crippen molar-refractivity contribution in [3.63, 3.8) is 0 Å². The lowest BCUT2D eigenvalue weighted by Gasteiger charge is -2.09. The predicted octanol–water partition coefficient (Wildman–Crippen LogP) is 3.36. The van der Waals surface area contributed by atoms with Gasteiger partial charge in [-0.15, -0.1) is 0 Å². The zero-order valence-electron chi connectivity index (χ0n) is 10.8. The van der Waals surface area contributed by atoms with Crippen LogP contribution in [0.2, 0.25) is 0 Å². The number of phenols is 1. The summed E-state index contributed by atoms with van der Waals surface area (Å²) in [7, 11) is 0. The molecule has 2 aromatic carbocycles. The minimum absolute atomic E-state index is 0.150. The van der Waals surface area contributed by atoms with Crippen LogP contribution in [0.15, 0.2) is 36.4 Å². The summed E-state index contributed by atoms with van der Waals surface area (Å²) in [4.78, 5) is 10.3. The van der Waals surface area contributed by atoms with Crippen LogP contribution in [-0.4, -0.2) is 10.0 Å². The first-order valence-corrected chi connectivity index (χ1v) is 5.93. The van der Waals surface area contributed by atoms with Gasteiger partial charge >= 0.3 is 0 Å². The second kappa shape index (κ2) is 5.56. The average Bonchev–Trinajstić information content (AvgIpc) is 2.41. The molecule has 0 amide bonds. The van der Waals surface area contributed by atoms with Crippen molar-refractivity contribution in [3.05, 3.63) is 63.5 Å². The van der Waals surface area contributed by atoms with Crippen molar-refractivity contribution in [1.82, 2.24) is 0 Å². The van der Waals surface area contributed by atoms with Gasteiger partial charge in [0.25, 0.3) is 5.69 Å². The highest BCUT2D eigenvalue weighted by molar-refractivity contribution is 5.63. The Labute approximate surface area is 114 Å². The van der Waals surface area contributed by atoms with Crippen molar-refractivity contribution < 1.29 is 14.4 Å². The summed E-state index contributed by atoms with van der Waals surface area (Å²) >= 11 is 0. The van der Waals surface area contributed by atoms with Crippen LogP contribution in [0.25, 0.3) is 0 Å². The number of nitrogens with one attached hydrogen (secondary N) is 1. The van der Waals surface area contributed by atoms with E-state index in [-0.39, 0.29) is 17.1 Å². The Hall–Kier alpha value is -2.63. The van der Waals surface area contributed by atoms with E-state index in [1.165, 1.54) is 18.2 Å². The largest absolute Gasteiger partial charge is 0.508 e. The van der Waals surface area contributed by atoms with Crippen molar-refractivity contribution in [2.75, 3.05) is 5.32 Å². The van der Waals surface area contributed by atoms with Gasteiger partial charge < -0.3 is 10.4 Å². The van der Waals surface area contributed by atoms with E-state index in [1.54, 1.807) is 19.1 Å². The van der Waals surface area contributed by atoms with E-state index < -0.39 is 10.7 Å². The Bertz CT molecular complexity index is 642. The number of halogens is 1. The fourth-order valence-corrected chi connectivity index (χ4v) is 1.77. The number of aromatic hydroxyl groups is 1. The van der Waals surface area contributed by atoms with E-state index in [1.807, 2.05) is 0 Å². The van der Waals surface area contributed by atoms with Gasteiger partial charge in [-0.2, -0.15) is 0 Å². The average molecular weight is 276 g/mol. The molecule has 0 aliphatic heterocycles. The Morgan fingerprint density at radius 3 is 2.55 bits per heavy atom. The lowest BCUT2D eigenvalue weighted by atomic mass is 10.1. The molecule has 104 valence electrons. The number of nitrogens with zero attached hydrogens (tertiary/aromatic N) is 1. The van der Waals surface area contributed by atoms with E-state index in [2.05, 4.69) is 5.32 Å². The van der Waals surface area contributed by atoms with Crippen LogP contribution in [0.4, 0.5) is 15.8 Å². The standard InChI is InChI=1S/C14H13FN2O3/c1-9-6-13(14(17(19)20)7-12(9)15)16-8-10-2-4-11(18)5-3-10/h2-7,16,18H,8H2,1H3. The summed E-state index contributed by atoms with van der Waals surface area (Å²) in [6.07, 6.45) is 0.